The molecule has 2 aromatic heterocycles. The van der Waals surface area contributed by atoms with Gasteiger partial charge >= 0.3 is 0 Å². The van der Waals surface area contributed by atoms with Crippen LogP contribution in [0.3, 0.4) is 0 Å². The van der Waals surface area contributed by atoms with Gasteiger partial charge in [0.05, 0.1) is 19.3 Å². The van der Waals surface area contributed by atoms with Gasteiger partial charge in [-0.1, -0.05) is 0 Å². The summed E-state index contributed by atoms with van der Waals surface area (Å²) >= 11 is 1.90. The molecule has 2 saturated heterocycles. The predicted octanol–water partition coefficient (Wildman–Crippen LogP) is 0.818. The predicted molar refractivity (Wildman–Crippen MR) is 93.6 cm³/mol. The highest BCUT2D eigenvalue weighted by atomic mass is 32.2. The van der Waals surface area contributed by atoms with Gasteiger partial charge in [-0.25, -0.2) is 4.98 Å². The van der Waals surface area contributed by atoms with Crippen LogP contribution in [0.2, 0.25) is 0 Å². The third-order valence-electron chi connectivity index (χ3n) is 4.46. The lowest BCUT2D eigenvalue weighted by Crippen LogP contribution is -2.53. The van der Waals surface area contributed by atoms with Gasteiger partial charge in [-0.3, -0.25) is 4.79 Å². The molecule has 0 N–H and O–H groups in total. The maximum atomic E-state index is 12.7. The highest BCUT2D eigenvalue weighted by Crippen LogP contribution is 2.21. The van der Waals surface area contributed by atoms with Gasteiger partial charge < -0.3 is 14.5 Å². The van der Waals surface area contributed by atoms with Crippen molar-refractivity contribution in [1.82, 2.24) is 19.5 Å². The van der Waals surface area contributed by atoms with Crippen LogP contribution in [0.15, 0.2) is 18.3 Å². The highest BCUT2D eigenvalue weighted by molar-refractivity contribution is 7.99. The minimum absolute atomic E-state index is 0.113. The van der Waals surface area contributed by atoms with Gasteiger partial charge in [0, 0.05) is 49.0 Å². The van der Waals surface area contributed by atoms with E-state index in [0.29, 0.717) is 13.2 Å². The van der Waals surface area contributed by atoms with Crippen molar-refractivity contribution in [3.05, 3.63) is 24.0 Å². The van der Waals surface area contributed by atoms with Crippen LogP contribution in [0, 0.1) is 6.92 Å². The van der Waals surface area contributed by atoms with E-state index in [-0.39, 0.29) is 5.91 Å². The fourth-order valence-electron chi connectivity index (χ4n) is 3.24. The normalized spacial score (nSPS) is 22.1. The number of hydrogen-bond acceptors (Lipinski definition) is 6. The van der Waals surface area contributed by atoms with Gasteiger partial charge in [-0.15, -0.1) is 0 Å². The van der Waals surface area contributed by atoms with Crippen molar-refractivity contribution in [3.63, 3.8) is 0 Å². The number of rotatable bonds is 2. The molecule has 2 aromatic rings. The number of anilines is 1. The van der Waals surface area contributed by atoms with Crippen molar-refractivity contribution in [1.29, 1.82) is 0 Å². The standard InChI is InChI=1S/C16H21N5O2S/c1-12-10-15(21-14(18-12)2-3-17-21)20-4-7-23-13(11-20)16(22)19-5-8-24-9-6-19/h2-3,10,13H,4-9,11H2,1H3. The summed E-state index contributed by atoms with van der Waals surface area (Å²) in [7, 11) is 0. The number of hydrogen-bond donors (Lipinski definition) is 0. The minimum atomic E-state index is -0.402. The van der Waals surface area contributed by atoms with Crippen molar-refractivity contribution < 1.29 is 9.53 Å². The lowest BCUT2D eigenvalue weighted by Gasteiger charge is -2.37. The van der Waals surface area contributed by atoms with Crippen molar-refractivity contribution in [3.8, 4) is 0 Å². The maximum Gasteiger partial charge on any atom is 0.253 e. The van der Waals surface area contributed by atoms with E-state index in [2.05, 4.69) is 15.0 Å². The Hall–Kier alpha value is -1.80. The summed E-state index contributed by atoms with van der Waals surface area (Å²) in [6.45, 7) is 5.47. The van der Waals surface area contributed by atoms with Gasteiger partial charge in [0.2, 0.25) is 0 Å². The Labute approximate surface area is 145 Å². The Balaban J connectivity index is 1.55. The lowest BCUT2D eigenvalue weighted by molar-refractivity contribution is -0.144. The Bertz CT molecular complexity index is 743. The van der Waals surface area contributed by atoms with E-state index in [1.807, 2.05) is 40.2 Å². The molecule has 24 heavy (non-hydrogen) atoms. The number of aryl methyl sites for hydroxylation is 1. The van der Waals surface area contributed by atoms with Crippen LogP contribution in [-0.4, -0.2) is 75.8 Å². The topological polar surface area (TPSA) is 63.0 Å². The van der Waals surface area contributed by atoms with E-state index < -0.39 is 6.10 Å². The summed E-state index contributed by atoms with van der Waals surface area (Å²) in [6, 6.07) is 3.91. The third-order valence-corrected chi connectivity index (χ3v) is 5.40. The zero-order valence-electron chi connectivity index (χ0n) is 13.7. The van der Waals surface area contributed by atoms with E-state index in [0.717, 1.165) is 48.3 Å². The van der Waals surface area contributed by atoms with E-state index in [1.165, 1.54) is 0 Å². The number of amides is 1. The Morgan fingerprint density at radius 2 is 2.17 bits per heavy atom. The Kier molecular flexibility index (Phi) is 4.32. The Morgan fingerprint density at radius 1 is 1.33 bits per heavy atom. The average molecular weight is 347 g/mol. The molecule has 8 heteroatoms. The third kappa shape index (κ3) is 2.95. The van der Waals surface area contributed by atoms with E-state index in [1.54, 1.807) is 6.20 Å². The number of carbonyl (C=O) groups excluding carboxylic acids is 1. The van der Waals surface area contributed by atoms with E-state index in [9.17, 15) is 4.79 Å². The number of thioether (sulfide) groups is 1. The second kappa shape index (κ2) is 6.60. The first kappa shape index (κ1) is 15.7. The molecule has 2 fully saturated rings. The van der Waals surface area contributed by atoms with Crippen LogP contribution in [0.5, 0.6) is 0 Å². The smallest absolute Gasteiger partial charge is 0.253 e. The molecule has 2 aliphatic rings. The van der Waals surface area contributed by atoms with Crippen LogP contribution < -0.4 is 4.90 Å². The van der Waals surface area contributed by atoms with E-state index in [4.69, 9.17) is 4.74 Å². The molecule has 2 aliphatic heterocycles. The van der Waals surface area contributed by atoms with Crippen molar-refractivity contribution in [2.45, 2.75) is 13.0 Å². The van der Waals surface area contributed by atoms with Crippen LogP contribution in [0.1, 0.15) is 5.69 Å². The molecule has 0 aromatic carbocycles. The fourth-order valence-corrected chi connectivity index (χ4v) is 4.14. The number of nitrogens with zero attached hydrogens (tertiary/aromatic N) is 5. The van der Waals surface area contributed by atoms with Crippen LogP contribution in [0.25, 0.3) is 5.65 Å². The lowest BCUT2D eigenvalue weighted by atomic mass is 10.2. The molecular weight excluding hydrogens is 326 g/mol. The molecule has 0 aliphatic carbocycles. The number of ether oxygens (including phenoxy) is 1. The summed E-state index contributed by atoms with van der Waals surface area (Å²) in [4.78, 5) is 21.3. The molecule has 1 amide bonds. The molecule has 4 rings (SSSR count). The first-order chi connectivity index (χ1) is 11.7. The molecule has 0 spiro atoms. The SMILES string of the molecule is Cc1cc(N2CCOC(C(=O)N3CCSCC3)C2)n2nccc2n1. The van der Waals surface area contributed by atoms with Crippen molar-refractivity contribution in [2.75, 3.05) is 49.2 Å². The number of morpholine rings is 1. The van der Waals surface area contributed by atoms with Gasteiger partial charge in [-0.2, -0.15) is 21.4 Å². The highest BCUT2D eigenvalue weighted by Gasteiger charge is 2.32. The Morgan fingerprint density at radius 3 is 3.00 bits per heavy atom. The number of aromatic nitrogens is 3. The van der Waals surface area contributed by atoms with Gasteiger partial charge in [0.25, 0.3) is 5.91 Å². The quantitative estimate of drug-likeness (QED) is 0.801. The molecule has 0 radical (unpaired) electrons. The number of carbonyl (C=O) groups is 1. The van der Waals surface area contributed by atoms with Crippen molar-refractivity contribution >= 4 is 29.1 Å². The summed E-state index contributed by atoms with van der Waals surface area (Å²) < 4.78 is 7.61. The molecule has 1 atom stereocenters. The largest absolute Gasteiger partial charge is 0.365 e. The average Bonchev–Trinajstić information content (AvgIpc) is 3.09. The first-order valence-corrected chi connectivity index (χ1v) is 9.42. The molecule has 128 valence electrons. The molecule has 1 unspecified atom stereocenters. The summed E-state index contributed by atoms with van der Waals surface area (Å²) in [5, 5.41) is 4.37. The zero-order valence-corrected chi connectivity index (χ0v) is 14.5. The second-order valence-electron chi connectivity index (χ2n) is 6.10. The summed E-state index contributed by atoms with van der Waals surface area (Å²) in [6.07, 6.45) is 1.35. The number of fused-ring (bicyclic) bond motifs is 1. The molecule has 4 heterocycles. The first-order valence-electron chi connectivity index (χ1n) is 8.27. The van der Waals surface area contributed by atoms with Crippen LogP contribution in [0.4, 0.5) is 5.82 Å². The monoisotopic (exact) mass is 347 g/mol. The fraction of sp³-hybridized carbons (Fsp3) is 0.562. The molecular formula is C16H21N5O2S. The second-order valence-corrected chi connectivity index (χ2v) is 7.32. The molecule has 7 nitrogen and oxygen atoms in total. The van der Waals surface area contributed by atoms with Crippen LogP contribution in [-0.2, 0) is 9.53 Å². The summed E-state index contributed by atoms with van der Waals surface area (Å²) in [5.41, 5.74) is 1.77. The van der Waals surface area contributed by atoms with Gasteiger partial charge in [0.1, 0.15) is 5.82 Å². The molecule has 0 saturated carbocycles. The van der Waals surface area contributed by atoms with Crippen molar-refractivity contribution in [2.24, 2.45) is 0 Å². The van der Waals surface area contributed by atoms with E-state index >= 15 is 0 Å². The van der Waals surface area contributed by atoms with Gasteiger partial charge in [-0.05, 0) is 6.92 Å². The summed E-state index contributed by atoms with van der Waals surface area (Å²) in [5.74, 6) is 3.11. The zero-order chi connectivity index (χ0) is 16.5. The van der Waals surface area contributed by atoms with Crippen LogP contribution >= 0.6 is 11.8 Å². The maximum absolute atomic E-state index is 12.7. The minimum Gasteiger partial charge on any atom is -0.365 e. The molecule has 0 bridgehead atoms. The van der Waals surface area contributed by atoms with Gasteiger partial charge in [0.15, 0.2) is 11.8 Å².